The van der Waals surface area contributed by atoms with Crippen molar-refractivity contribution in [3.8, 4) is 17.4 Å². The molecule has 4 rings (SSSR count). The molecule has 9 heteroatoms. The number of aryl methyl sites for hydroxylation is 1. The van der Waals surface area contributed by atoms with Crippen LogP contribution in [0.5, 0.6) is 17.4 Å². The molecule has 2 aromatic carbocycles. The Bertz CT molecular complexity index is 1370. The van der Waals surface area contributed by atoms with Gasteiger partial charge in [-0.2, -0.15) is 0 Å². The molecule has 1 saturated heterocycles. The molecule has 0 bridgehead atoms. The van der Waals surface area contributed by atoms with Crippen LogP contribution in [0, 0.1) is 6.92 Å². The van der Waals surface area contributed by atoms with Gasteiger partial charge in [-0.15, -0.1) is 0 Å². The standard InChI is InChI=1S/C30H38N6O3/c1-20-14-21(15-28(37)35-22(17-31)18-34-30(2,3)4)6-9-27(20)39-29-25-16-24(7-8-26(25)32-19-33-29)38-23-10-12-36(5)13-11-23/h6-9,14,16-19,23H,10-13,15,31H2,1-5H3,(H,35,37)/b22-17+,34-18?. The highest BCUT2D eigenvalue weighted by molar-refractivity contribution is 5.89. The van der Waals surface area contributed by atoms with Crippen molar-refractivity contribution >= 4 is 23.0 Å². The number of nitrogens with two attached hydrogens (primary N) is 1. The number of hydrogen-bond acceptors (Lipinski definition) is 8. The number of piperidine rings is 1. The molecular formula is C30H38N6O3. The summed E-state index contributed by atoms with van der Waals surface area (Å²) in [7, 11) is 2.13. The first-order chi connectivity index (χ1) is 18.6. The fourth-order valence-corrected chi connectivity index (χ4v) is 4.27. The van der Waals surface area contributed by atoms with Gasteiger partial charge < -0.3 is 25.4 Å². The van der Waals surface area contributed by atoms with E-state index < -0.39 is 0 Å². The third-order valence-corrected chi connectivity index (χ3v) is 6.40. The molecule has 9 nitrogen and oxygen atoms in total. The maximum Gasteiger partial charge on any atom is 0.230 e. The number of fused-ring (bicyclic) bond motifs is 1. The number of ether oxygens (including phenoxy) is 2. The van der Waals surface area contributed by atoms with Crippen molar-refractivity contribution in [2.75, 3.05) is 20.1 Å². The van der Waals surface area contributed by atoms with Gasteiger partial charge >= 0.3 is 0 Å². The second-order valence-corrected chi connectivity index (χ2v) is 11.0. The van der Waals surface area contributed by atoms with Gasteiger partial charge in [0, 0.05) is 25.5 Å². The van der Waals surface area contributed by atoms with E-state index in [-0.39, 0.29) is 24.0 Å². The van der Waals surface area contributed by atoms with Gasteiger partial charge in [-0.1, -0.05) is 12.1 Å². The lowest BCUT2D eigenvalue weighted by atomic mass is 10.1. The van der Waals surface area contributed by atoms with E-state index in [1.807, 2.05) is 64.1 Å². The highest BCUT2D eigenvalue weighted by Gasteiger charge is 2.19. The smallest absolute Gasteiger partial charge is 0.230 e. The number of likely N-dealkylation sites (tertiary alicyclic amines) is 1. The van der Waals surface area contributed by atoms with Gasteiger partial charge in [-0.05, 0) is 83.0 Å². The maximum absolute atomic E-state index is 12.6. The molecular weight excluding hydrogens is 492 g/mol. The highest BCUT2D eigenvalue weighted by atomic mass is 16.5. The SMILES string of the molecule is Cc1cc(CC(=O)N/C(C=NC(C)(C)C)=C/N)ccc1Oc1ncnc2ccc(OC3CCN(C)CC3)cc12. The molecule has 3 N–H and O–H groups in total. The van der Waals surface area contributed by atoms with Crippen molar-refractivity contribution in [2.45, 2.75) is 58.6 Å². The lowest BCUT2D eigenvalue weighted by molar-refractivity contribution is -0.119. The molecule has 3 aromatic rings. The van der Waals surface area contributed by atoms with E-state index in [0.717, 1.165) is 53.7 Å². The monoisotopic (exact) mass is 530 g/mol. The van der Waals surface area contributed by atoms with Crippen LogP contribution in [0.2, 0.25) is 0 Å². The number of aliphatic imine (C=N–C) groups is 1. The lowest BCUT2D eigenvalue weighted by Crippen LogP contribution is -2.35. The van der Waals surface area contributed by atoms with Crippen molar-refractivity contribution in [3.63, 3.8) is 0 Å². The summed E-state index contributed by atoms with van der Waals surface area (Å²) < 4.78 is 12.5. The van der Waals surface area contributed by atoms with Crippen LogP contribution in [-0.4, -0.2) is 58.8 Å². The number of nitrogens with one attached hydrogen (secondary N) is 1. The molecule has 0 radical (unpaired) electrons. The van der Waals surface area contributed by atoms with Gasteiger partial charge in [0.25, 0.3) is 0 Å². The number of aromatic nitrogens is 2. The van der Waals surface area contributed by atoms with Crippen LogP contribution in [0.3, 0.4) is 0 Å². The zero-order chi connectivity index (χ0) is 28.0. The number of carbonyl (C=O) groups is 1. The highest BCUT2D eigenvalue weighted by Crippen LogP contribution is 2.32. The molecule has 2 heterocycles. The first-order valence-electron chi connectivity index (χ1n) is 13.2. The number of rotatable bonds is 8. The molecule has 1 aliphatic rings. The van der Waals surface area contributed by atoms with Crippen molar-refractivity contribution in [1.82, 2.24) is 20.2 Å². The summed E-state index contributed by atoms with van der Waals surface area (Å²) in [4.78, 5) is 28.1. The van der Waals surface area contributed by atoms with Crippen LogP contribution in [-0.2, 0) is 11.2 Å². The van der Waals surface area contributed by atoms with E-state index in [1.54, 1.807) is 6.21 Å². The zero-order valence-electron chi connectivity index (χ0n) is 23.4. The molecule has 1 aliphatic heterocycles. The molecule has 39 heavy (non-hydrogen) atoms. The summed E-state index contributed by atoms with van der Waals surface area (Å²) in [5.74, 6) is 1.71. The molecule has 1 amide bonds. The molecule has 0 saturated carbocycles. The summed E-state index contributed by atoms with van der Waals surface area (Å²) in [6.07, 6.45) is 6.80. The van der Waals surface area contributed by atoms with E-state index in [2.05, 4.69) is 32.2 Å². The van der Waals surface area contributed by atoms with E-state index in [9.17, 15) is 4.79 Å². The summed E-state index contributed by atoms with van der Waals surface area (Å²) in [6.45, 7) is 9.92. The number of hydrogen-bond donors (Lipinski definition) is 2. The molecule has 1 fully saturated rings. The van der Waals surface area contributed by atoms with E-state index in [4.69, 9.17) is 15.2 Å². The van der Waals surface area contributed by atoms with Gasteiger partial charge in [0.05, 0.1) is 28.6 Å². The Kier molecular flexibility index (Phi) is 8.81. The number of benzene rings is 2. The number of allylic oxidation sites excluding steroid dienone is 1. The minimum Gasteiger partial charge on any atom is -0.490 e. The van der Waals surface area contributed by atoms with Gasteiger partial charge in [0.2, 0.25) is 11.8 Å². The van der Waals surface area contributed by atoms with Gasteiger partial charge in [-0.25, -0.2) is 9.97 Å². The Hall–Kier alpha value is -3.98. The minimum atomic E-state index is -0.262. The van der Waals surface area contributed by atoms with Crippen LogP contribution < -0.4 is 20.5 Å². The fourth-order valence-electron chi connectivity index (χ4n) is 4.27. The van der Waals surface area contributed by atoms with Crippen LogP contribution in [0.4, 0.5) is 0 Å². The zero-order valence-corrected chi connectivity index (χ0v) is 23.4. The summed E-state index contributed by atoms with van der Waals surface area (Å²) in [5.41, 5.74) is 8.37. The molecule has 0 atom stereocenters. The first-order valence-corrected chi connectivity index (χ1v) is 13.2. The third kappa shape index (κ3) is 8.00. The first kappa shape index (κ1) is 28.0. The largest absolute Gasteiger partial charge is 0.490 e. The Morgan fingerprint density at radius 3 is 2.64 bits per heavy atom. The predicted octanol–water partition coefficient (Wildman–Crippen LogP) is 4.53. The summed E-state index contributed by atoms with van der Waals surface area (Å²) >= 11 is 0. The second kappa shape index (κ2) is 12.3. The Labute approximate surface area is 230 Å². The fraction of sp³-hybridized carbons (Fsp3) is 0.400. The van der Waals surface area contributed by atoms with Crippen molar-refractivity contribution in [1.29, 1.82) is 0 Å². The average Bonchev–Trinajstić information content (AvgIpc) is 2.89. The average molecular weight is 531 g/mol. The molecule has 0 aliphatic carbocycles. The predicted molar refractivity (Wildman–Crippen MR) is 154 cm³/mol. The lowest BCUT2D eigenvalue weighted by Gasteiger charge is -2.29. The van der Waals surface area contributed by atoms with Crippen LogP contribution in [0.25, 0.3) is 10.9 Å². The van der Waals surface area contributed by atoms with E-state index >= 15 is 0 Å². The van der Waals surface area contributed by atoms with Crippen LogP contribution in [0.1, 0.15) is 44.7 Å². The molecule has 1 aromatic heterocycles. The summed E-state index contributed by atoms with van der Waals surface area (Å²) in [5, 5.41) is 3.59. The summed E-state index contributed by atoms with van der Waals surface area (Å²) in [6, 6.07) is 11.5. The van der Waals surface area contributed by atoms with E-state index in [1.165, 1.54) is 12.5 Å². The molecule has 0 unspecified atom stereocenters. The second-order valence-electron chi connectivity index (χ2n) is 11.0. The Balaban J connectivity index is 1.44. The topological polar surface area (TPSA) is 115 Å². The Morgan fingerprint density at radius 1 is 1.18 bits per heavy atom. The van der Waals surface area contributed by atoms with Gasteiger partial charge in [-0.3, -0.25) is 9.79 Å². The van der Waals surface area contributed by atoms with Crippen LogP contribution in [0.15, 0.2) is 59.6 Å². The molecule has 206 valence electrons. The quantitative estimate of drug-likeness (QED) is 0.411. The number of carbonyl (C=O) groups excluding carboxylic acids is 1. The van der Waals surface area contributed by atoms with E-state index in [0.29, 0.717) is 17.3 Å². The minimum absolute atomic E-state index is 0.181. The van der Waals surface area contributed by atoms with Crippen molar-refractivity contribution in [3.05, 3.63) is 65.7 Å². The third-order valence-electron chi connectivity index (χ3n) is 6.40. The van der Waals surface area contributed by atoms with Gasteiger partial charge in [0.15, 0.2) is 0 Å². The molecule has 0 spiro atoms. The Morgan fingerprint density at radius 2 is 1.95 bits per heavy atom. The maximum atomic E-state index is 12.6. The number of nitrogens with zero attached hydrogens (tertiary/aromatic N) is 4. The van der Waals surface area contributed by atoms with Gasteiger partial charge in [0.1, 0.15) is 23.9 Å². The van der Waals surface area contributed by atoms with Crippen LogP contribution >= 0.6 is 0 Å². The normalized spacial score (nSPS) is 15.6. The van der Waals surface area contributed by atoms with Crippen molar-refractivity contribution in [2.24, 2.45) is 10.7 Å². The van der Waals surface area contributed by atoms with Crippen molar-refractivity contribution < 1.29 is 14.3 Å². The number of amides is 1.